The Hall–Kier alpha value is -0.940. The van der Waals surface area contributed by atoms with E-state index in [1.165, 1.54) is 5.82 Å². The Bertz CT molecular complexity index is 366. The van der Waals surface area contributed by atoms with Gasteiger partial charge in [0.15, 0.2) is 0 Å². The van der Waals surface area contributed by atoms with Crippen LogP contribution in [0.4, 0.5) is 0 Å². The van der Waals surface area contributed by atoms with Crippen molar-refractivity contribution in [1.82, 2.24) is 20.1 Å². The molecule has 2 aliphatic rings. The number of nitrogens with one attached hydrogen (secondary N) is 1. The standard InChI is InChI=1S/C11H18N4O/c1-8-13-14-11(9-2-4-16-5-3-9)15(8)10-6-12-7-10/h9-10,12H,2-7H2,1H3. The molecular weight excluding hydrogens is 204 g/mol. The van der Waals surface area contributed by atoms with Gasteiger partial charge in [-0.1, -0.05) is 0 Å². The van der Waals surface area contributed by atoms with E-state index >= 15 is 0 Å². The fraction of sp³-hybridized carbons (Fsp3) is 0.818. The second-order valence-electron chi connectivity index (χ2n) is 4.67. The molecule has 5 nitrogen and oxygen atoms in total. The molecule has 2 fully saturated rings. The maximum Gasteiger partial charge on any atom is 0.136 e. The Morgan fingerprint density at radius 1 is 1.25 bits per heavy atom. The molecular formula is C11H18N4O. The summed E-state index contributed by atoms with van der Waals surface area (Å²) in [6.07, 6.45) is 2.16. The van der Waals surface area contributed by atoms with Crippen molar-refractivity contribution >= 4 is 0 Å². The second kappa shape index (κ2) is 4.14. The van der Waals surface area contributed by atoms with Crippen molar-refractivity contribution < 1.29 is 4.74 Å². The van der Waals surface area contributed by atoms with Gasteiger partial charge in [0.05, 0.1) is 6.04 Å². The van der Waals surface area contributed by atoms with E-state index in [1.54, 1.807) is 0 Å². The summed E-state index contributed by atoms with van der Waals surface area (Å²) < 4.78 is 7.72. The highest BCUT2D eigenvalue weighted by Crippen LogP contribution is 2.28. The maximum absolute atomic E-state index is 5.40. The van der Waals surface area contributed by atoms with Crippen LogP contribution in [0, 0.1) is 6.92 Å². The SMILES string of the molecule is Cc1nnc(C2CCOCC2)n1C1CNC1. The van der Waals surface area contributed by atoms with Gasteiger partial charge in [-0.05, 0) is 19.8 Å². The molecule has 0 atom stereocenters. The van der Waals surface area contributed by atoms with Crippen LogP contribution in [0.2, 0.25) is 0 Å². The van der Waals surface area contributed by atoms with E-state index in [1.807, 2.05) is 6.92 Å². The van der Waals surface area contributed by atoms with Crippen LogP contribution in [0.15, 0.2) is 0 Å². The summed E-state index contributed by atoms with van der Waals surface area (Å²) in [4.78, 5) is 0. The predicted molar refractivity (Wildman–Crippen MR) is 59.5 cm³/mol. The van der Waals surface area contributed by atoms with Gasteiger partial charge in [0, 0.05) is 32.2 Å². The molecule has 88 valence electrons. The molecule has 2 aliphatic heterocycles. The lowest BCUT2D eigenvalue weighted by atomic mass is 9.98. The molecule has 0 saturated carbocycles. The minimum absolute atomic E-state index is 0.538. The van der Waals surface area contributed by atoms with Crippen molar-refractivity contribution in [3.05, 3.63) is 11.6 Å². The third-order valence-electron chi connectivity index (χ3n) is 3.60. The Morgan fingerprint density at radius 3 is 2.62 bits per heavy atom. The van der Waals surface area contributed by atoms with Gasteiger partial charge in [-0.2, -0.15) is 0 Å². The normalized spacial score (nSPS) is 23.3. The molecule has 0 aromatic carbocycles. The molecule has 0 aliphatic carbocycles. The molecule has 0 bridgehead atoms. The van der Waals surface area contributed by atoms with Crippen molar-refractivity contribution in [3.8, 4) is 0 Å². The fourth-order valence-electron chi connectivity index (χ4n) is 2.53. The minimum Gasteiger partial charge on any atom is -0.381 e. The van der Waals surface area contributed by atoms with Crippen LogP contribution >= 0.6 is 0 Å². The second-order valence-corrected chi connectivity index (χ2v) is 4.67. The number of nitrogens with zero attached hydrogens (tertiary/aromatic N) is 3. The molecule has 1 aromatic heterocycles. The van der Waals surface area contributed by atoms with Gasteiger partial charge in [0.2, 0.25) is 0 Å². The Kier molecular flexibility index (Phi) is 2.65. The molecule has 1 aromatic rings. The molecule has 0 unspecified atom stereocenters. The van der Waals surface area contributed by atoms with Gasteiger partial charge in [-0.15, -0.1) is 10.2 Å². The van der Waals surface area contributed by atoms with Crippen molar-refractivity contribution in [1.29, 1.82) is 0 Å². The summed E-state index contributed by atoms with van der Waals surface area (Å²) in [5, 5.41) is 11.9. The smallest absolute Gasteiger partial charge is 0.136 e. The van der Waals surface area contributed by atoms with Crippen molar-refractivity contribution in [3.63, 3.8) is 0 Å². The van der Waals surface area contributed by atoms with Crippen LogP contribution in [0.25, 0.3) is 0 Å². The number of aromatic nitrogens is 3. The van der Waals surface area contributed by atoms with Gasteiger partial charge in [0.25, 0.3) is 0 Å². The first-order chi connectivity index (χ1) is 7.86. The van der Waals surface area contributed by atoms with Crippen molar-refractivity contribution in [2.45, 2.75) is 31.7 Å². The third-order valence-corrected chi connectivity index (χ3v) is 3.60. The molecule has 16 heavy (non-hydrogen) atoms. The lowest BCUT2D eigenvalue weighted by molar-refractivity contribution is 0.0819. The summed E-state index contributed by atoms with van der Waals surface area (Å²) in [6, 6.07) is 0.563. The van der Waals surface area contributed by atoms with Gasteiger partial charge in [0.1, 0.15) is 11.6 Å². The van der Waals surface area contributed by atoms with Crippen molar-refractivity contribution in [2.75, 3.05) is 26.3 Å². The lowest BCUT2D eigenvalue weighted by Gasteiger charge is -2.32. The highest BCUT2D eigenvalue weighted by atomic mass is 16.5. The molecule has 1 N–H and O–H groups in total. The summed E-state index contributed by atoms with van der Waals surface area (Å²) in [6.45, 7) is 5.87. The van der Waals surface area contributed by atoms with Crippen LogP contribution in [0.1, 0.15) is 36.5 Å². The van der Waals surface area contributed by atoms with E-state index in [0.29, 0.717) is 12.0 Å². The molecule has 3 rings (SSSR count). The zero-order valence-electron chi connectivity index (χ0n) is 9.65. The van der Waals surface area contributed by atoms with E-state index < -0.39 is 0 Å². The highest BCUT2D eigenvalue weighted by Gasteiger charge is 2.28. The summed E-state index contributed by atoms with van der Waals surface area (Å²) in [5.41, 5.74) is 0. The average Bonchev–Trinajstić information content (AvgIpc) is 2.60. The molecule has 5 heteroatoms. The van der Waals surface area contributed by atoms with Gasteiger partial charge in [-0.25, -0.2) is 0 Å². The number of hydrogen-bond donors (Lipinski definition) is 1. The fourth-order valence-corrected chi connectivity index (χ4v) is 2.53. The molecule has 2 saturated heterocycles. The first-order valence-electron chi connectivity index (χ1n) is 6.06. The predicted octanol–water partition coefficient (Wildman–Crippen LogP) is 0.625. The average molecular weight is 222 g/mol. The zero-order chi connectivity index (χ0) is 11.0. The molecule has 0 radical (unpaired) electrons. The molecule has 0 amide bonds. The quantitative estimate of drug-likeness (QED) is 0.797. The topological polar surface area (TPSA) is 52.0 Å². The highest BCUT2D eigenvalue weighted by molar-refractivity contribution is 5.06. The van der Waals surface area contributed by atoms with Crippen LogP contribution in [-0.2, 0) is 4.74 Å². The third kappa shape index (κ3) is 1.64. The first-order valence-corrected chi connectivity index (χ1v) is 6.06. The van der Waals surface area contributed by atoms with E-state index in [9.17, 15) is 0 Å². The number of rotatable bonds is 2. The zero-order valence-corrected chi connectivity index (χ0v) is 9.65. The molecule has 0 spiro atoms. The van der Waals surface area contributed by atoms with Crippen LogP contribution in [-0.4, -0.2) is 41.1 Å². The van der Waals surface area contributed by atoms with Gasteiger partial charge < -0.3 is 14.6 Å². The Labute approximate surface area is 95.2 Å². The first kappa shape index (κ1) is 10.2. The minimum atomic E-state index is 0.538. The summed E-state index contributed by atoms with van der Waals surface area (Å²) in [5.74, 6) is 2.76. The largest absolute Gasteiger partial charge is 0.381 e. The van der Waals surface area contributed by atoms with E-state index in [0.717, 1.165) is 45.0 Å². The van der Waals surface area contributed by atoms with Crippen LogP contribution in [0.5, 0.6) is 0 Å². The van der Waals surface area contributed by atoms with Gasteiger partial charge in [-0.3, -0.25) is 0 Å². The van der Waals surface area contributed by atoms with Crippen LogP contribution < -0.4 is 5.32 Å². The number of hydrogen-bond acceptors (Lipinski definition) is 4. The van der Waals surface area contributed by atoms with E-state index in [2.05, 4.69) is 20.1 Å². The Balaban J connectivity index is 1.87. The summed E-state index contributed by atoms with van der Waals surface area (Å²) >= 11 is 0. The van der Waals surface area contributed by atoms with Crippen molar-refractivity contribution in [2.24, 2.45) is 0 Å². The number of ether oxygens (including phenoxy) is 1. The summed E-state index contributed by atoms with van der Waals surface area (Å²) in [7, 11) is 0. The van der Waals surface area contributed by atoms with E-state index in [4.69, 9.17) is 4.74 Å². The maximum atomic E-state index is 5.40. The van der Waals surface area contributed by atoms with Crippen LogP contribution in [0.3, 0.4) is 0 Å². The van der Waals surface area contributed by atoms with E-state index in [-0.39, 0.29) is 0 Å². The van der Waals surface area contributed by atoms with Gasteiger partial charge >= 0.3 is 0 Å². The monoisotopic (exact) mass is 222 g/mol. The Morgan fingerprint density at radius 2 is 2.00 bits per heavy atom. The lowest BCUT2D eigenvalue weighted by Crippen LogP contribution is -2.44. The number of aryl methyl sites for hydroxylation is 1. The molecule has 3 heterocycles.